The lowest BCUT2D eigenvalue weighted by atomic mass is 9.83. The van der Waals surface area contributed by atoms with Gasteiger partial charge in [-0.15, -0.1) is 0 Å². The number of carbonyl (C=O) groups is 3. The summed E-state index contributed by atoms with van der Waals surface area (Å²) < 4.78 is 55.3. The number of thiazole rings is 1. The predicted octanol–water partition coefficient (Wildman–Crippen LogP) is 5.41. The molecule has 4 aromatic rings. The van der Waals surface area contributed by atoms with Gasteiger partial charge in [-0.2, -0.15) is 13.2 Å². The average molecular weight is 659 g/mol. The molecule has 16 heteroatoms. The first kappa shape index (κ1) is 30.2. The molecule has 0 radical (unpaired) electrons. The number of amides is 3. The van der Waals surface area contributed by atoms with Gasteiger partial charge in [0.05, 0.1) is 32.8 Å². The Morgan fingerprint density at radius 1 is 0.956 bits per heavy atom. The van der Waals surface area contributed by atoms with Gasteiger partial charge in [0.15, 0.2) is 0 Å². The van der Waals surface area contributed by atoms with Gasteiger partial charge in [-0.3, -0.25) is 33.9 Å². The number of fused-ring (bicyclic) bond motifs is 2. The number of nitrogens with zero attached hydrogens (tertiary/aromatic N) is 3. The number of anilines is 2. The molecular formula is C29H18F4N4O6S2. The Hall–Kier alpha value is -4.83. The third kappa shape index (κ3) is 5.39. The molecule has 1 saturated heterocycles. The van der Waals surface area contributed by atoms with E-state index >= 15 is 0 Å². The molecule has 45 heavy (non-hydrogen) atoms. The van der Waals surface area contributed by atoms with E-state index in [-0.39, 0.29) is 16.4 Å². The summed E-state index contributed by atoms with van der Waals surface area (Å²) in [7, 11) is 0. The van der Waals surface area contributed by atoms with Crippen LogP contribution < -0.4 is 15.1 Å². The zero-order valence-corrected chi connectivity index (χ0v) is 24.1. The average Bonchev–Trinajstić information content (AvgIpc) is 3.43. The number of non-ortho nitro benzene ring substituents is 1. The first-order chi connectivity index (χ1) is 21.3. The van der Waals surface area contributed by atoms with E-state index in [1.165, 1.54) is 36.4 Å². The fourth-order valence-corrected chi connectivity index (χ4v) is 8.21. The van der Waals surface area contributed by atoms with E-state index in [1.807, 2.05) is 0 Å². The highest BCUT2D eigenvalue weighted by Crippen LogP contribution is 2.54. The molecule has 0 spiro atoms. The van der Waals surface area contributed by atoms with Crippen molar-refractivity contribution in [3.63, 3.8) is 0 Å². The van der Waals surface area contributed by atoms with Crippen molar-refractivity contribution in [3.8, 4) is 0 Å². The van der Waals surface area contributed by atoms with Crippen LogP contribution in [0.2, 0.25) is 0 Å². The first-order valence-corrected chi connectivity index (χ1v) is 14.8. The molecule has 0 aliphatic carbocycles. The summed E-state index contributed by atoms with van der Waals surface area (Å²) >= 11 is 1.58. The molecule has 3 atom stereocenters. The van der Waals surface area contributed by atoms with Crippen molar-refractivity contribution in [1.29, 1.82) is 0 Å². The van der Waals surface area contributed by atoms with Crippen molar-refractivity contribution < 1.29 is 36.9 Å². The number of para-hydroxylation sites is 1. The van der Waals surface area contributed by atoms with Crippen molar-refractivity contribution in [2.24, 2.45) is 5.92 Å². The van der Waals surface area contributed by atoms with E-state index < -0.39 is 74.4 Å². The molecule has 3 heterocycles. The van der Waals surface area contributed by atoms with Crippen LogP contribution in [0.5, 0.6) is 0 Å². The normalized spacial score (nSPS) is 19.3. The molecule has 10 nitrogen and oxygen atoms in total. The van der Waals surface area contributed by atoms with Crippen molar-refractivity contribution >= 4 is 57.9 Å². The van der Waals surface area contributed by atoms with Gasteiger partial charge in [0, 0.05) is 22.9 Å². The minimum atomic E-state index is -4.75. The fraction of sp³-hybridized carbons (Fsp3) is 0.172. The van der Waals surface area contributed by atoms with Crippen molar-refractivity contribution in [2.75, 3.05) is 10.2 Å². The number of rotatable bonds is 6. The summed E-state index contributed by atoms with van der Waals surface area (Å²) in [4.78, 5) is 64.9. The Morgan fingerprint density at radius 3 is 2.27 bits per heavy atom. The molecule has 2 aliphatic rings. The molecule has 0 bridgehead atoms. The Kier molecular flexibility index (Phi) is 7.56. The fourth-order valence-electron chi connectivity index (χ4n) is 5.44. The Morgan fingerprint density at radius 2 is 1.62 bits per heavy atom. The third-order valence-corrected chi connectivity index (χ3v) is 10.0. The van der Waals surface area contributed by atoms with Crippen LogP contribution in [0.15, 0.2) is 82.6 Å². The number of benzene rings is 3. The van der Waals surface area contributed by atoms with Gasteiger partial charge >= 0.3 is 11.0 Å². The van der Waals surface area contributed by atoms with Gasteiger partial charge in [0.25, 0.3) is 5.69 Å². The minimum Gasteiger partial charge on any atom is -0.324 e. The van der Waals surface area contributed by atoms with Crippen molar-refractivity contribution in [2.45, 2.75) is 28.9 Å². The number of nitrogens with one attached hydrogen (secondary N) is 1. The zero-order chi connectivity index (χ0) is 32.2. The van der Waals surface area contributed by atoms with Crippen molar-refractivity contribution in [3.05, 3.63) is 114 Å². The van der Waals surface area contributed by atoms with E-state index in [0.717, 1.165) is 57.6 Å². The van der Waals surface area contributed by atoms with Crippen LogP contribution in [-0.2, 0) is 27.1 Å². The second kappa shape index (κ2) is 11.3. The lowest BCUT2D eigenvalue weighted by Crippen LogP contribution is -2.33. The highest BCUT2D eigenvalue weighted by atomic mass is 32.2. The summed E-state index contributed by atoms with van der Waals surface area (Å²) in [6, 6.07) is 14.3. The maximum atomic E-state index is 13.9. The highest BCUT2D eigenvalue weighted by molar-refractivity contribution is 8.00. The maximum absolute atomic E-state index is 13.9. The second-order valence-corrected chi connectivity index (χ2v) is 12.2. The summed E-state index contributed by atoms with van der Waals surface area (Å²) in [6.45, 7) is -0.689. The molecule has 1 aromatic heterocycles. The van der Waals surface area contributed by atoms with Crippen LogP contribution in [0.3, 0.4) is 0 Å². The van der Waals surface area contributed by atoms with E-state index in [0.29, 0.717) is 21.8 Å². The molecule has 0 saturated carbocycles. The second-order valence-electron chi connectivity index (χ2n) is 10.1. The summed E-state index contributed by atoms with van der Waals surface area (Å²) in [5, 5.41) is 12.4. The summed E-state index contributed by atoms with van der Waals surface area (Å²) in [5.41, 5.74) is -1.33. The number of hydrogen-bond donors (Lipinski definition) is 1. The molecule has 230 valence electrons. The maximum Gasteiger partial charge on any atom is 0.418 e. The number of aromatic nitrogens is 1. The zero-order valence-electron chi connectivity index (χ0n) is 22.5. The molecule has 3 aromatic carbocycles. The number of carbonyl (C=O) groups excluding carboxylic acids is 3. The molecule has 6 rings (SSSR count). The Balaban J connectivity index is 1.39. The molecular weight excluding hydrogens is 640 g/mol. The smallest absolute Gasteiger partial charge is 0.324 e. The number of nitro groups is 1. The van der Waals surface area contributed by atoms with E-state index in [1.54, 1.807) is 0 Å². The number of thioether (sulfide) groups is 1. The van der Waals surface area contributed by atoms with E-state index in [2.05, 4.69) is 5.32 Å². The van der Waals surface area contributed by atoms with E-state index in [4.69, 9.17) is 0 Å². The molecule has 3 amide bonds. The quantitative estimate of drug-likeness (QED) is 0.127. The standard InChI is InChI=1S/C29H18F4N4O6S2/c30-15-7-5-14(6-8-15)21-22-23(26(40)36(25(22)39)16-9-11-17(12-10-16)37(42)43)44-27-24(21)45-28(41)35(27)13-20(38)34-19-4-2-1-3-18(19)29(31,32)33/h1-12,21-23H,13H2,(H,34,38)/t21-,22-,23+/m0/s1. The Labute approximate surface area is 258 Å². The van der Waals surface area contributed by atoms with Gasteiger partial charge < -0.3 is 5.32 Å². The SMILES string of the molecule is O=C(Cn1c2c(sc1=O)[C@@H](c1ccc(F)cc1)[C@@H]1C(=O)N(c3ccc([N+](=O)[O-])cc3)C(=O)[C@@H]1S2)Nc1ccccc1C(F)(F)F. The van der Waals surface area contributed by atoms with Crippen LogP contribution in [-0.4, -0.2) is 32.5 Å². The predicted molar refractivity (Wildman–Crippen MR) is 156 cm³/mol. The molecule has 0 unspecified atom stereocenters. The van der Waals surface area contributed by atoms with E-state index in [9.17, 15) is 46.9 Å². The first-order valence-electron chi connectivity index (χ1n) is 13.1. The van der Waals surface area contributed by atoms with Gasteiger partial charge in [-0.05, 0) is 42.0 Å². The van der Waals surface area contributed by atoms with Gasteiger partial charge in [0.2, 0.25) is 17.7 Å². The summed E-state index contributed by atoms with van der Waals surface area (Å²) in [5.74, 6) is -4.79. The van der Waals surface area contributed by atoms with Gasteiger partial charge in [-0.1, -0.05) is 47.4 Å². The largest absolute Gasteiger partial charge is 0.418 e. The number of imide groups is 1. The lowest BCUT2D eigenvalue weighted by molar-refractivity contribution is -0.384. The van der Waals surface area contributed by atoms with Crippen LogP contribution in [0, 0.1) is 21.8 Å². The van der Waals surface area contributed by atoms with Crippen LogP contribution in [0.25, 0.3) is 0 Å². The topological polar surface area (TPSA) is 132 Å². The third-order valence-electron chi connectivity index (χ3n) is 7.41. The molecule has 2 aliphatic heterocycles. The summed E-state index contributed by atoms with van der Waals surface area (Å²) in [6.07, 6.45) is -4.75. The van der Waals surface area contributed by atoms with Crippen LogP contribution in [0.4, 0.5) is 34.6 Å². The number of halogens is 4. The number of alkyl halides is 3. The number of hydrogen-bond acceptors (Lipinski definition) is 8. The highest BCUT2D eigenvalue weighted by Gasteiger charge is 2.57. The molecule has 1 fully saturated rings. The van der Waals surface area contributed by atoms with Gasteiger partial charge in [0.1, 0.15) is 17.6 Å². The minimum absolute atomic E-state index is 0.0897. The Bertz CT molecular complexity index is 1920. The molecule has 1 N–H and O–H groups in total. The monoisotopic (exact) mass is 658 g/mol. The van der Waals surface area contributed by atoms with Gasteiger partial charge in [-0.25, -0.2) is 9.29 Å². The lowest BCUT2D eigenvalue weighted by Gasteiger charge is -2.30. The van der Waals surface area contributed by atoms with Crippen LogP contribution in [0.1, 0.15) is 21.9 Å². The number of nitro benzene ring substituents is 1. The van der Waals surface area contributed by atoms with Crippen LogP contribution >= 0.6 is 23.1 Å². The van der Waals surface area contributed by atoms with Crippen molar-refractivity contribution in [1.82, 2.24) is 4.57 Å².